The number of unbranched alkanes of at least 4 members (excludes halogenated alkanes) is 1. The van der Waals surface area contributed by atoms with Crippen molar-refractivity contribution in [1.29, 1.82) is 0 Å². The van der Waals surface area contributed by atoms with Crippen LogP contribution in [0.4, 0.5) is 5.69 Å². The summed E-state index contributed by atoms with van der Waals surface area (Å²) in [5, 5.41) is 3.30. The van der Waals surface area contributed by atoms with Crippen molar-refractivity contribution in [3.8, 4) is 5.75 Å². The zero-order valence-electron chi connectivity index (χ0n) is 14.6. The zero-order valence-corrected chi connectivity index (χ0v) is 14.6. The average molecular weight is 327 g/mol. The molecule has 0 unspecified atom stereocenters. The number of anilines is 1. The lowest BCUT2D eigenvalue weighted by atomic mass is 10.2. The van der Waals surface area contributed by atoms with Crippen LogP contribution in [0.3, 0.4) is 0 Å². The summed E-state index contributed by atoms with van der Waals surface area (Å²) in [5.74, 6) is 0.806. The maximum absolute atomic E-state index is 12.2. The van der Waals surface area contributed by atoms with Gasteiger partial charge in [-0.05, 0) is 36.2 Å². The summed E-state index contributed by atoms with van der Waals surface area (Å²) >= 11 is 0. The quantitative estimate of drug-likeness (QED) is 0.805. The number of carbonyl (C=O) groups is 1. The van der Waals surface area contributed by atoms with Gasteiger partial charge >= 0.3 is 0 Å². The van der Waals surface area contributed by atoms with Crippen molar-refractivity contribution < 1.29 is 9.53 Å². The first-order valence-corrected chi connectivity index (χ1v) is 8.22. The molecule has 0 aliphatic heterocycles. The molecule has 0 atom stereocenters. The predicted molar refractivity (Wildman–Crippen MR) is 96.4 cm³/mol. The molecule has 0 radical (unpaired) electrons. The minimum atomic E-state index is -0.0369. The van der Waals surface area contributed by atoms with E-state index in [0.717, 1.165) is 36.4 Å². The molecule has 1 aromatic heterocycles. The molecule has 0 saturated heterocycles. The number of ether oxygens (including phenoxy) is 1. The molecule has 5 nitrogen and oxygen atoms in total. The number of rotatable bonds is 8. The molecule has 1 N–H and O–H groups in total. The van der Waals surface area contributed by atoms with Gasteiger partial charge in [0.05, 0.1) is 19.0 Å². The number of amides is 1. The SMILES string of the molecule is CCCCN(C)C(=O)c1ccc(NCc2ccc(OC)cc2)cn1. The Kier molecular flexibility index (Phi) is 6.61. The second kappa shape index (κ2) is 8.91. The molecule has 0 aliphatic rings. The van der Waals surface area contributed by atoms with Crippen LogP contribution in [0.1, 0.15) is 35.8 Å². The molecule has 2 rings (SSSR count). The number of pyridine rings is 1. The van der Waals surface area contributed by atoms with Gasteiger partial charge in [-0.25, -0.2) is 4.98 Å². The highest BCUT2D eigenvalue weighted by Gasteiger charge is 2.12. The van der Waals surface area contributed by atoms with E-state index in [9.17, 15) is 4.79 Å². The fraction of sp³-hybridized carbons (Fsp3) is 0.368. The minimum Gasteiger partial charge on any atom is -0.497 e. The van der Waals surface area contributed by atoms with Gasteiger partial charge in [0.2, 0.25) is 0 Å². The molecule has 1 aromatic carbocycles. The fourth-order valence-corrected chi connectivity index (χ4v) is 2.26. The maximum atomic E-state index is 12.2. The Balaban J connectivity index is 1.90. The fourth-order valence-electron chi connectivity index (χ4n) is 2.26. The molecule has 1 heterocycles. The van der Waals surface area contributed by atoms with Gasteiger partial charge in [-0.3, -0.25) is 4.79 Å². The largest absolute Gasteiger partial charge is 0.497 e. The van der Waals surface area contributed by atoms with Gasteiger partial charge in [-0.15, -0.1) is 0 Å². The molecule has 2 aromatic rings. The Hall–Kier alpha value is -2.56. The van der Waals surface area contributed by atoms with Crippen molar-refractivity contribution >= 4 is 11.6 Å². The topological polar surface area (TPSA) is 54.5 Å². The summed E-state index contributed by atoms with van der Waals surface area (Å²) in [6.45, 7) is 3.56. The third kappa shape index (κ3) is 4.98. The van der Waals surface area contributed by atoms with Crippen molar-refractivity contribution in [3.63, 3.8) is 0 Å². The number of methoxy groups -OCH3 is 1. The number of nitrogens with zero attached hydrogens (tertiary/aromatic N) is 2. The van der Waals surface area contributed by atoms with Gasteiger partial charge in [0.1, 0.15) is 11.4 Å². The molecule has 0 saturated carbocycles. The third-order valence-electron chi connectivity index (χ3n) is 3.83. The molecular weight excluding hydrogens is 302 g/mol. The van der Waals surface area contributed by atoms with E-state index in [4.69, 9.17) is 4.74 Å². The van der Waals surface area contributed by atoms with Gasteiger partial charge in [-0.1, -0.05) is 25.5 Å². The van der Waals surface area contributed by atoms with Crippen LogP contribution in [0, 0.1) is 0 Å². The zero-order chi connectivity index (χ0) is 17.4. The van der Waals surface area contributed by atoms with Crippen LogP contribution in [0.25, 0.3) is 0 Å². The number of hydrogen-bond donors (Lipinski definition) is 1. The van der Waals surface area contributed by atoms with Gasteiger partial charge in [0.25, 0.3) is 5.91 Å². The van der Waals surface area contributed by atoms with E-state index >= 15 is 0 Å². The van der Waals surface area contributed by atoms with Gasteiger partial charge in [-0.2, -0.15) is 0 Å². The van der Waals surface area contributed by atoms with Crippen molar-refractivity contribution in [2.24, 2.45) is 0 Å². The summed E-state index contributed by atoms with van der Waals surface area (Å²) < 4.78 is 5.14. The monoisotopic (exact) mass is 327 g/mol. The second-order valence-corrected chi connectivity index (χ2v) is 5.71. The van der Waals surface area contributed by atoms with E-state index in [1.165, 1.54) is 0 Å². The first kappa shape index (κ1) is 17.8. The number of benzene rings is 1. The van der Waals surface area contributed by atoms with E-state index in [1.54, 1.807) is 24.3 Å². The maximum Gasteiger partial charge on any atom is 0.272 e. The normalized spacial score (nSPS) is 10.3. The minimum absolute atomic E-state index is 0.0369. The standard InChI is InChI=1S/C19H25N3O2/c1-4-5-12-22(2)19(23)18-11-8-16(14-21-18)20-13-15-6-9-17(24-3)10-7-15/h6-11,14,20H,4-5,12-13H2,1-3H3. The highest BCUT2D eigenvalue weighted by molar-refractivity contribution is 5.92. The lowest BCUT2D eigenvalue weighted by molar-refractivity contribution is 0.0787. The van der Waals surface area contributed by atoms with Crippen molar-refractivity contribution in [2.75, 3.05) is 26.0 Å². The average Bonchev–Trinajstić information content (AvgIpc) is 2.64. The van der Waals surface area contributed by atoms with Crippen molar-refractivity contribution in [2.45, 2.75) is 26.3 Å². The molecule has 1 amide bonds. The Bertz CT molecular complexity index is 639. The summed E-state index contributed by atoms with van der Waals surface area (Å²) in [4.78, 5) is 18.2. The van der Waals surface area contributed by atoms with Crippen LogP contribution in [-0.4, -0.2) is 36.5 Å². The Labute approximate surface area is 143 Å². The summed E-state index contributed by atoms with van der Waals surface area (Å²) in [5.41, 5.74) is 2.51. The van der Waals surface area contributed by atoms with Crippen molar-refractivity contribution in [3.05, 3.63) is 53.9 Å². The van der Waals surface area contributed by atoms with Gasteiger partial charge in [0, 0.05) is 20.1 Å². The van der Waals surface area contributed by atoms with Gasteiger partial charge < -0.3 is 15.0 Å². The third-order valence-corrected chi connectivity index (χ3v) is 3.83. The highest BCUT2D eigenvalue weighted by atomic mass is 16.5. The second-order valence-electron chi connectivity index (χ2n) is 5.71. The van der Waals surface area contributed by atoms with Crippen LogP contribution in [0.5, 0.6) is 5.75 Å². The number of hydrogen-bond acceptors (Lipinski definition) is 4. The molecule has 0 fully saturated rings. The van der Waals surface area contributed by atoms with E-state index in [1.807, 2.05) is 37.4 Å². The van der Waals surface area contributed by atoms with E-state index in [2.05, 4.69) is 17.2 Å². The molecule has 0 aliphatic carbocycles. The highest BCUT2D eigenvalue weighted by Crippen LogP contribution is 2.14. The van der Waals surface area contributed by atoms with Crippen LogP contribution < -0.4 is 10.1 Å². The van der Waals surface area contributed by atoms with E-state index < -0.39 is 0 Å². The van der Waals surface area contributed by atoms with Crippen LogP contribution in [0.2, 0.25) is 0 Å². The summed E-state index contributed by atoms with van der Waals surface area (Å²) in [6.07, 6.45) is 3.77. The predicted octanol–water partition coefficient (Wildman–Crippen LogP) is 3.57. The van der Waals surface area contributed by atoms with Crippen LogP contribution >= 0.6 is 0 Å². The lowest BCUT2D eigenvalue weighted by Gasteiger charge is -2.16. The van der Waals surface area contributed by atoms with Crippen molar-refractivity contribution in [1.82, 2.24) is 9.88 Å². The Morgan fingerprint density at radius 3 is 2.54 bits per heavy atom. The molecule has 128 valence electrons. The Morgan fingerprint density at radius 2 is 1.96 bits per heavy atom. The van der Waals surface area contributed by atoms with E-state index in [0.29, 0.717) is 12.2 Å². The molecule has 5 heteroatoms. The molecule has 0 spiro atoms. The lowest BCUT2D eigenvalue weighted by Crippen LogP contribution is -2.28. The van der Waals surface area contributed by atoms with E-state index in [-0.39, 0.29) is 5.91 Å². The van der Waals surface area contributed by atoms with Crippen LogP contribution in [-0.2, 0) is 6.54 Å². The first-order chi connectivity index (χ1) is 11.6. The Morgan fingerprint density at radius 1 is 1.21 bits per heavy atom. The molecule has 0 bridgehead atoms. The summed E-state index contributed by atoms with van der Waals surface area (Å²) in [7, 11) is 3.47. The smallest absolute Gasteiger partial charge is 0.272 e. The summed E-state index contributed by atoms with van der Waals surface area (Å²) in [6, 6.07) is 11.5. The number of nitrogens with one attached hydrogen (secondary N) is 1. The molecular formula is C19H25N3O2. The number of aromatic nitrogens is 1. The number of carbonyl (C=O) groups excluding carboxylic acids is 1. The molecule has 24 heavy (non-hydrogen) atoms. The van der Waals surface area contributed by atoms with Gasteiger partial charge in [0.15, 0.2) is 0 Å². The first-order valence-electron chi connectivity index (χ1n) is 8.22. The van der Waals surface area contributed by atoms with Crippen LogP contribution in [0.15, 0.2) is 42.6 Å².